The van der Waals surface area contributed by atoms with Gasteiger partial charge in [-0.1, -0.05) is 61.0 Å². The summed E-state index contributed by atoms with van der Waals surface area (Å²) in [6, 6.07) is 5.39. The number of hydrogen-bond acceptors (Lipinski definition) is 2. The molecular formula is C15H21Cl2NO. The van der Waals surface area contributed by atoms with E-state index in [1.165, 1.54) is 12.8 Å². The van der Waals surface area contributed by atoms with Gasteiger partial charge in [0.2, 0.25) is 0 Å². The fraction of sp³-hybridized carbons (Fsp3) is 0.600. The molecule has 1 fully saturated rings. The lowest BCUT2D eigenvalue weighted by Gasteiger charge is -2.37. The van der Waals surface area contributed by atoms with Crippen molar-refractivity contribution in [3.63, 3.8) is 0 Å². The Labute approximate surface area is 125 Å². The molecule has 0 radical (unpaired) electrons. The van der Waals surface area contributed by atoms with Crippen LogP contribution in [0.15, 0.2) is 18.2 Å². The van der Waals surface area contributed by atoms with Gasteiger partial charge in [-0.3, -0.25) is 0 Å². The van der Waals surface area contributed by atoms with E-state index >= 15 is 0 Å². The molecule has 2 nitrogen and oxygen atoms in total. The largest absolute Gasteiger partial charge is 0.376 e. The Hall–Kier alpha value is -0.280. The second-order valence-electron chi connectivity index (χ2n) is 5.30. The van der Waals surface area contributed by atoms with Crippen molar-refractivity contribution in [2.45, 2.75) is 50.2 Å². The summed E-state index contributed by atoms with van der Waals surface area (Å²) in [5.41, 5.74) is 7.06. The molecule has 2 rings (SSSR count). The highest BCUT2D eigenvalue weighted by Crippen LogP contribution is 2.41. The Kier molecular flexibility index (Phi) is 5.13. The van der Waals surface area contributed by atoms with Crippen LogP contribution < -0.4 is 5.73 Å². The lowest BCUT2D eigenvalue weighted by Crippen LogP contribution is -2.42. The molecule has 0 spiro atoms. The minimum absolute atomic E-state index is 0.234. The first-order valence-electron chi connectivity index (χ1n) is 6.85. The van der Waals surface area contributed by atoms with Gasteiger partial charge in [-0.25, -0.2) is 0 Å². The van der Waals surface area contributed by atoms with Gasteiger partial charge < -0.3 is 10.5 Å². The van der Waals surface area contributed by atoms with Crippen LogP contribution in [-0.2, 0) is 4.74 Å². The van der Waals surface area contributed by atoms with Crippen molar-refractivity contribution < 1.29 is 4.74 Å². The van der Waals surface area contributed by atoms with Gasteiger partial charge in [0.1, 0.15) is 0 Å². The Morgan fingerprint density at radius 3 is 2.37 bits per heavy atom. The van der Waals surface area contributed by atoms with Crippen molar-refractivity contribution >= 4 is 23.2 Å². The molecule has 19 heavy (non-hydrogen) atoms. The summed E-state index contributed by atoms with van der Waals surface area (Å²) in [7, 11) is 1.75. The average Bonchev–Trinajstić information content (AvgIpc) is 2.67. The van der Waals surface area contributed by atoms with Gasteiger partial charge in [-0.05, 0) is 24.5 Å². The average molecular weight is 302 g/mol. The SMILES string of the molecule is COC1(C(N)c2cccc(Cl)c2Cl)CCCCCC1. The van der Waals surface area contributed by atoms with E-state index in [-0.39, 0.29) is 11.6 Å². The van der Waals surface area contributed by atoms with Crippen molar-refractivity contribution in [3.05, 3.63) is 33.8 Å². The van der Waals surface area contributed by atoms with Gasteiger partial charge in [0.05, 0.1) is 21.7 Å². The van der Waals surface area contributed by atoms with E-state index in [1.54, 1.807) is 13.2 Å². The molecule has 1 aromatic carbocycles. The van der Waals surface area contributed by atoms with Crippen LogP contribution in [0, 0.1) is 0 Å². The van der Waals surface area contributed by atoms with Crippen molar-refractivity contribution in [2.75, 3.05) is 7.11 Å². The number of methoxy groups -OCH3 is 1. The Morgan fingerprint density at radius 2 is 1.79 bits per heavy atom. The van der Waals surface area contributed by atoms with Crippen LogP contribution >= 0.6 is 23.2 Å². The summed E-state index contributed by atoms with van der Waals surface area (Å²) >= 11 is 12.4. The number of rotatable bonds is 3. The number of halogens is 2. The zero-order valence-corrected chi connectivity index (χ0v) is 12.8. The van der Waals surface area contributed by atoms with Crippen LogP contribution in [0.5, 0.6) is 0 Å². The Balaban J connectivity index is 2.34. The van der Waals surface area contributed by atoms with Crippen molar-refractivity contribution in [3.8, 4) is 0 Å². The summed E-state index contributed by atoms with van der Waals surface area (Å²) in [5, 5.41) is 1.10. The maximum Gasteiger partial charge on any atom is 0.0870 e. The van der Waals surface area contributed by atoms with Crippen LogP contribution in [0.25, 0.3) is 0 Å². The molecule has 1 aromatic rings. The second kappa shape index (κ2) is 6.45. The van der Waals surface area contributed by atoms with Crippen LogP contribution in [0.3, 0.4) is 0 Å². The normalized spacial score (nSPS) is 20.8. The van der Waals surface area contributed by atoms with Crippen LogP contribution in [0.4, 0.5) is 0 Å². The van der Waals surface area contributed by atoms with E-state index in [4.69, 9.17) is 33.7 Å². The lowest BCUT2D eigenvalue weighted by atomic mass is 9.82. The topological polar surface area (TPSA) is 35.2 Å². The maximum atomic E-state index is 6.49. The summed E-state index contributed by atoms with van der Waals surface area (Å²) in [6.45, 7) is 0. The maximum absolute atomic E-state index is 6.49. The van der Waals surface area contributed by atoms with E-state index < -0.39 is 0 Å². The lowest BCUT2D eigenvalue weighted by molar-refractivity contribution is -0.0442. The molecule has 1 aliphatic carbocycles. The Bertz CT molecular complexity index is 428. The molecule has 1 unspecified atom stereocenters. The van der Waals surface area contributed by atoms with Crippen molar-refractivity contribution in [2.24, 2.45) is 5.73 Å². The first-order valence-corrected chi connectivity index (χ1v) is 7.61. The monoisotopic (exact) mass is 301 g/mol. The molecule has 0 amide bonds. The summed E-state index contributed by atoms with van der Waals surface area (Å²) < 4.78 is 5.84. The molecule has 0 bridgehead atoms. The molecular weight excluding hydrogens is 281 g/mol. The molecule has 4 heteroatoms. The van der Waals surface area contributed by atoms with Crippen LogP contribution in [0.2, 0.25) is 10.0 Å². The van der Waals surface area contributed by atoms with Gasteiger partial charge in [-0.2, -0.15) is 0 Å². The molecule has 106 valence electrons. The minimum atomic E-state index is -0.315. The predicted octanol–water partition coefficient (Wildman–Crippen LogP) is 4.73. The smallest absolute Gasteiger partial charge is 0.0870 e. The van der Waals surface area contributed by atoms with E-state index in [1.807, 2.05) is 12.1 Å². The summed E-state index contributed by atoms with van der Waals surface area (Å²) in [5.74, 6) is 0. The van der Waals surface area contributed by atoms with Gasteiger partial charge in [0.25, 0.3) is 0 Å². The second-order valence-corrected chi connectivity index (χ2v) is 6.09. The third kappa shape index (κ3) is 3.08. The molecule has 2 N–H and O–H groups in total. The van der Waals surface area contributed by atoms with Gasteiger partial charge in [0, 0.05) is 7.11 Å². The standard InChI is InChI=1S/C15H21Cl2NO/c1-19-15(9-4-2-3-5-10-15)14(18)11-7-6-8-12(16)13(11)17/h6-8,14H,2-5,9-10,18H2,1H3. The van der Waals surface area contributed by atoms with Gasteiger partial charge in [-0.15, -0.1) is 0 Å². The highest BCUT2D eigenvalue weighted by Gasteiger charge is 2.38. The minimum Gasteiger partial charge on any atom is -0.376 e. The fourth-order valence-corrected chi connectivity index (χ4v) is 3.44. The van der Waals surface area contributed by atoms with E-state index in [2.05, 4.69) is 0 Å². The fourth-order valence-electron chi connectivity index (χ4n) is 3.01. The molecule has 0 aromatic heterocycles. The molecule has 1 aliphatic rings. The zero-order chi connectivity index (χ0) is 13.9. The van der Waals surface area contributed by atoms with Crippen molar-refractivity contribution in [1.82, 2.24) is 0 Å². The third-order valence-electron chi connectivity index (χ3n) is 4.24. The molecule has 1 atom stereocenters. The van der Waals surface area contributed by atoms with Crippen molar-refractivity contribution in [1.29, 1.82) is 0 Å². The Morgan fingerprint density at radius 1 is 1.16 bits per heavy atom. The molecule has 0 saturated heterocycles. The predicted molar refractivity (Wildman–Crippen MR) is 80.8 cm³/mol. The van der Waals surface area contributed by atoms with E-state index in [9.17, 15) is 0 Å². The van der Waals surface area contributed by atoms with Crippen LogP contribution in [0.1, 0.15) is 50.1 Å². The highest BCUT2D eigenvalue weighted by atomic mass is 35.5. The van der Waals surface area contributed by atoms with E-state index in [0.29, 0.717) is 10.0 Å². The van der Waals surface area contributed by atoms with Crippen LogP contribution in [-0.4, -0.2) is 12.7 Å². The summed E-state index contributed by atoms with van der Waals surface area (Å²) in [4.78, 5) is 0. The number of ether oxygens (including phenoxy) is 1. The first-order chi connectivity index (χ1) is 9.10. The molecule has 0 heterocycles. The van der Waals surface area contributed by atoms with Gasteiger partial charge >= 0.3 is 0 Å². The summed E-state index contributed by atoms with van der Waals surface area (Å²) in [6.07, 6.45) is 6.77. The molecule has 0 aliphatic heterocycles. The first kappa shape index (κ1) is 15.1. The molecule has 1 saturated carbocycles. The number of nitrogens with two attached hydrogens (primary N) is 1. The van der Waals surface area contributed by atoms with E-state index in [0.717, 1.165) is 31.2 Å². The quantitative estimate of drug-likeness (QED) is 0.819. The zero-order valence-electron chi connectivity index (χ0n) is 11.3. The van der Waals surface area contributed by atoms with Gasteiger partial charge in [0.15, 0.2) is 0 Å². The highest BCUT2D eigenvalue weighted by molar-refractivity contribution is 6.42. The number of hydrogen-bond donors (Lipinski definition) is 1. The third-order valence-corrected chi connectivity index (χ3v) is 5.07. The number of benzene rings is 1.